The minimum absolute atomic E-state index is 0.471. The van der Waals surface area contributed by atoms with Gasteiger partial charge in [0.2, 0.25) is 0 Å². The van der Waals surface area contributed by atoms with E-state index in [0.717, 1.165) is 22.5 Å². The average molecular weight is 207 g/mol. The van der Waals surface area contributed by atoms with Crippen molar-refractivity contribution >= 4 is 23.7 Å². The van der Waals surface area contributed by atoms with Crippen molar-refractivity contribution in [2.75, 3.05) is 6.54 Å². The topological polar surface area (TPSA) is 65.8 Å². The Morgan fingerprint density at radius 3 is 2.93 bits per heavy atom. The van der Waals surface area contributed by atoms with E-state index in [0.29, 0.717) is 6.54 Å². The fourth-order valence-corrected chi connectivity index (χ4v) is 1.65. The molecule has 1 aromatic heterocycles. The van der Waals surface area contributed by atoms with Crippen molar-refractivity contribution in [2.45, 2.75) is 6.42 Å². The number of carbonyl (C=O) groups is 1. The number of carbonyl (C=O) groups excluding carboxylic acids is 1. The van der Waals surface area contributed by atoms with Crippen LogP contribution in [0.2, 0.25) is 0 Å². The summed E-state index contributed by atoms with van der Waals surface area (Å²) in [4.78, 5) is 14.8. The van der Waals surface area contributed by atoms with E-state index >= 15 is 0 Å². The van der Waals surface area contributed by atoms with Gasteiger partial charge in [-0.05, 0) is 30.2 Å². The number of thiophene rings is 1. The third-order valence-corrected chi connectivity index (χ3v) is 2.48. The SMILES string of the molecule is [N-]=[N+]=NCCC=Cc1ccc(C=O)s1. The van der Waals surface area contributed by atoms with Crippen LogP contribution < -0.4 is 0 Å². The number of aldehydes is 1. The lowest BCUT2D eigenvalue weighted by molar-refractivity contribution is 0.112. The molecule has 0 N–H and O–H groups in total. The van der Waals surface area contributed by atoms with Gasteiger partial charge in [0, 0.05) is 16.3 Å². The lowest BCUT2D eigenvalue weighted by Crippen LogP contribution is -1.71. The number of hydrogen-bond donors (Lipinski definition) is 0. The normalized spacial score (nSPS) is 10.0. The molecule has 1 rings (SSSR count). The van der Waals surface area contributed by atoms with Gasteiger partial charge < -0.3 is 0 Å². The standard InChI is InChI=1S/C9H9N3OS/c10-12-11-6-2-1-3-8-4-5-9(7-13)14-8/h1,3-5,7H,2,6H2. The summed E-state index contributed by atoms with van der Waals surface area (Å²) >= 11 is 1.44. The van der Waals surface area contributed by atoms with E-state index in [4.69, 9.17) is 5.53 Å². The van der Waals surface area contributed by atoms with E-state index in [1.54, 1.807) is 6.07 Å². The summed E-state index contributed by atoms with van der Waals surface area (Å²) in [6.07, 6.45) is 5.40. The maximum absolute atomic E-state index is 10.4. The van der Waals surface area contributed by atoms with Crippen LogP contribution in [0.3, 0.4) is 0 Å². The predicted octanol–water partition coefficient (Wildman–Crippen LogP) is 3.27. The number of rotatable bonds is 5. The van der Waals surface area contributed by atoms with E-state index in [-0.39, 0.29) is 0 Å². The van der Waals surface area contributed by atoms with Crippen LogP contribution >= 0.6 is 11.3 Å². The van der Waals surface area contributed by atoms with E-state index < -0.39 is 0 Å². The van der Waals surface area contributed by atoms with Gasteiger partial charge in [-0.3, -0.25) is 4.79 Å². The van der Waals surface area contributed by atoms with Crippen LogP contribution in [0.5, 0.6) is 0 Å². The van der Waals surface area contributed by atoms with Crippen LogP contribution in [0.4, 0.5) is 0 Å². The molecular formula is C9H9N3OS. The van der Waals surface area contributed by atoms with Crippen LogP contribution in [0.25, 0.3) is 16.5 Å². The molecular weight excluding hydrogens is 198 g/mol. The van der Waals surface area contributed by atoms with Crippen LogP contribution in [-0.2, 0) is 0 Å². The second-order valence-electron chi connectivity index (χ2n) is 2.50. The van der Waals surface area contributed by atoms with Crippen molar-refractivity contribution in [3.8, 4) is 0 Å². The van der Waals surface area contributed by atoms with E-state index in [1.165, 1.54) is 11.3 Å². The third-order valence-electron chi connectivity index (χ3n) is 1.50. The summed E-state index contributed by atoms with van der Waals surface area (Å²) in [6.45, 7) is 0.471. The zero-order valence-electron chi connectivity index (χ0n) is 7.46. The fourth-order valence-electron chi connectivity index (χ4n) is 0.898. The van der Waals surface area contributed by atoms with Crippen molar-refractivity contribution in [3.63, 3.8) is 0 Å². The summed E-state index contributed by atoms with van der Waals surface area (Å²) in [7, 11) is 0. The molecule has 0 spiro atoms. The molecule has 0 bridgehead atoms. The molecule has 1 heterocycles. The second kappa shape index (κ2) is 5.96. The van der Waals surface area contributed by atoms with Crippen LogP contribution in [0.1, 0.15) is 21.0 Å². The van der Waals surface area contributed by atoms with Crippen molar-refractivity contribution in [3.05, 3.63) is 38.4 Å². The predicted molar refractivity (Wildman–Crippen MR) is 57.4 cm³/mol. The van der Waals surface area contributed by atoms with Gasteiger partial charge in [-0.25, -0.2) is 0 Å². The molecule has 0 aliphatic carbocycles. The second-order valence-corrected chi connectivity index (χ2v) is 3.65. The minimum Gasteiger partial charge on any atom is -0.297 e. The van der Waals surface area contributed by atoms with Crippen LogP contribution in [0, 0.1) is 0 Å². The summed E-state index contributed by atoms with van der Waals surface area (Å²) in [5.41, 5.74) is 8.02. The highest BCUT2D eigenvalue weighted by Crippen LogP contribution is 2.15. The molecule has 14 heavy (non-hydrogen) atoms. The number of nitrogens with zero attached hydrogens (tertiary/aromatic N) is 3. The molecule has 0 aromatic carbocycles. The molecule has 1 aromatic rings. The molecule has 72 valence electrons. The maximum Gasteiger partial charge on any atom is 0.160 e. The van der Waals surface area contributed by atoms with Crippen molar-refractivity contribution in [1.29, 1.82) is 0 Å². The Bertz CT molecular complexity index is 377. The van der Waals surface area contributed by atoms with E-state index in [2.05, 4.69) is 10.0 Å². The van der Waals surface area contributed by atoms with Gasteiger partial charge in [0.05, 0.1) is 4.88 Å². The lowest BCUT2D eigenvalue weighted by atomic mass is 10.3. The Hall–Kier alpha value is -1.58. The number of hydrogen-bond acceptors (Lipinski definition) is 3. The van der Waals surface area contributed by atoms with Crippen molar-refractivity contribution < 1.29 is 4.79 Å². The summed E-state index contributed by atoms with van der Waals surface area (Å²) in [5.74, 6) is 0. The minimum atomic E-state index is 0.471. The monoisotopic (exact) mass is 207 g/mol. The molecule has 0 fully saturated rings. The third kappa shape index (κ3) is 3.43. The molecule has 0 unspecified atom stereocenters. The quantitative estimate of drug-likeness (QED) is 0.240. The Morgan fingerprint density at radius 2 is 2.29 bits per heavy atom. The fraction of sp³-hybridized carbons (Fsp3) is 0.222. The molecule has 0 aliphatic heterocycles. The molecule has 0 amide bonds. The lowest BCUT2D eigenvalue weighted by Gasteiger charge is -1.84. The molecule has 0 aliphatic rings. The van der Waals surface area contributed by atoms with Gasteiger partial charge in [0.25, 0.3) is 0 Å². The Balaban J connectivity index is 2.43. The zero-order chi connectivity index (χ0) is 10.2. The molecule has 4 nitrogen and oxygen atoms in total. The first kappa shape index (κ1) is 10.5. The molecule has 0 saturated heterocycles. The van der Waals surface area contributed by atoms with E-state index in [9.17, 15) is 4.79 Å². The van der Waals surface area contributed by atoms with E-state index in [1.807, 2.05) is 18.2 Å². The van der Waals surface area contributed by atoms with Crippen LogP contribution in [-0.4, -0.2) is 12.8 Å². The molecule has 5 heteroatoms. The first-order valence-electron chi connectivity index (χ1n) is 4.09. The highest BCUT2D eigenvalue weighted by Gasteiger charge is 1.93. The molecule has 0 saturated carbocycles. The first-order chi connectivity index (χ1) is 6.86. The Labute approximate surface area is 85.5 Å². The Morgan fingerprint density at radius 1 is 1.50 bits per heavy atom. The van der Waals surface area contributed by atoms with Gasteiger partial charge in [-0.15, -0.1) is 11.3 Å². The summed E-state index contributed by atoms with van der Waals surface area (Å²) < 4.78 is 0. The molecule has 0 radical (unpaired) electrons. The first-order valence-corrected chi connectivity index (χ1v) is 4.91. The van der Waals surface area contributed by atoms with Crippen LogP contribution in [0.15, 0.2) is 23.3 Å². The smallest absolute Gasteiger partial charge is 0.160 e. The number of azide groups is 1. The summed E-state index contributed by atoms with van der Waals surface area (Å²) in [5, 5.41) is 3.40. The highest BCUT2D eigenvalue weighted by atomic mass is 32.1. The summed E-state index contributed by atoms with van der Waals surface area (Å²) in [6, 6.07) is 3.67. The van der Waals surface area contributed by atoms with Gasteiger partial charge in [-0.1, -0.05) is 11.2 Å². The largest absolute Gasteiger partial charge is 0.297 e. The maximum atomic E-state index is 10.4. The Kier molecular flexibility index (Phi) is 4.47. The van der Waals surface area contributed by atoms with Gasteiger partial charge in [0.15, 0.2) is 6.29 Å². The zero-order valence-corrected chi connectivity index (χ0v) is 8.28. The van der Waals surface area contributed by atoms with Gasteiger partial charge in [-0.2, -0.15) is 0 Å². The highest BCUT2D eigenvalue weighted by molar-refractivity contribution is 7.14. The molecule has 0 atom stereocenters. The van der Waals surface area contributed by atoms with Gasteiger partial charge >= 0.3 is 0 Å². The van der Waals surface area contributed by atoms with Crippen molar-refractivity contribution in [1.82, 2.24) is 0 Å². The average Bonchev–Trinajstić information content (AvgIpc) is 2.65. The van der Waals surface area contributed by atoms with Crippen molar-refractivity contribution in [2.24, 2.45) is 5.11 Å². The van der Waals surface area contributed by atoms with Gasteiger partial charge in [0.1, 0.15) is 0 Å².